The van der Waals surface area contributed by atoms with E-state index < -0.39 is 24.6 Å². The number of hydrogen-bond donors (Lipinski definition) is 2. The monoisotopic (exact) mass is 394 g/mol. The summed E-state index contributed by atoms with van der Waals surface area (Å²) in [7, 11) is 0. The summed E-state index contributed by atoms with van der Waals surface area (Å²) < 4.78 is 13.6. The van der Waals surface area contributed by atoms with Crippen LogP contribution in [0.15, 0.2) is 36.4 Å². The molecule has 0 unspecified atom stereocenters. The van der Waals surface area contributed by atoms with Crippen LogP contribution in [0.1, 0.15) is 35.1 Å². The van der Waals surface area contributed by atoms with Crippen LogP contribution in [0, 0.1) is 26.6 Å². The van der Waals surface area contributed by atoms with Crippen molar-refractivity contribution in [1.82, 2.24) is 0 Å². The number of hydrogen-bond acceptors (Lipinski definition) is 4. The quantitative estimate of drug-likeness (QED) is 0.632. The van der Waals surface area contributed by atoms with Crippen LogP contribution in [0.25, 0.3) is 17.2 Å². The van der Waals surface area contributed by atoms with Gasteiger partial charge in [-0.05, 0) is 60.7 Å². The zero-order valence-corrected chi connectivity index (χ0v) is 18.7. The molecule has 144 valence electrons. The fourth-order valence-corrected chi connectivity index (χ4v) is 3.09. The number of benzene rings is 2. The van der Waals surface area contributed by atoms with Gasteiger partial charge < -0.3 is 20.1 Å². The molecule has 0 aliphatic rings. The van der Waals surface area contributed by atoms with Gasteiger partial charge in [0, 0.05) is 18.8 Å². The van der Waals surface area contributed by atoms with Crippen molar-refractivity contribution in [3.05, 3.63) is 64.5 Å². The number of aliphatic carboxylic acids is 1. The molecule has 0 aliphatic heterocycles. The van der Waals surface area contributed by atoms with Gasteiger partial charge >= 0.3 is 29.6 Å². The van der Waals surface area contributed by atoms with Crippen molar-refractivity contribution in [2.75, 3.05) is 0 Å². The number of aliphatic hydroxyl groups is 2. The average molecular weight is 394 g/mol. The summed E-state index contributed by atoms with van der Waals surface area (Å²) in [5.41, 5.74) is 5.26. The molecule has 0 aliphatic carbocycles. The summed E-state index contributed by atoms with van der Waals surface area (Å²) in [6.45, 7) is 5.63. The number of aliphatic hydroxyl groups excluding tert-OH is 2. The van der Waals surface area contributed by atoms with Crippen molar-refractivity contribution in [3.63, 3.8) is 0 Å². The van der Waals surface area contributed by atoms with Gasteiger partial charge in [0.05, 0.1) is 12.2 Å². The minimum absolute atomic E-state index is 0. The minimum Gasteiger partial charge on any atom is -0.550 e. The molecule has 0 saturated heterocycles. The van der Waals surface area contributed by atoms with Gasteiger partial charge in [-0.3, -0.25) is 0 Å². The van der Waals surface area contributed by atoms with Crippen molar-refractivity contribution >= 4 is 12.0 Å². The second-order valence-electron chi connectivity index (χ2n) is 6.90. The fraction of sp³-hybridized carbons (Fsp3) is 0.318. The molecule has 0 aromatic heterocycles. The van der Waals surface area contributed by atoms with Gasteiger partial charge in [-0.2, -0.15) is 0 Å². The Morgan fingerprint density at radius 2 is 1.82 bits per heavy atom. The first-order chi connectivity index (χ1) is 12.7. The first-order valence-electron chi connectivity index (χ1n) is 8.79. The molecule has 0 fully saturated rings. The molecule has 0 saturated carbocycles. The van der Waals surface area contributed by atoms with Crippen LogP contribution in [-0.2, 0) is 4.79 Å². The fourth-order valence-electron chi connectivity index (χ4n) is 3.09. The Balaban J connectivity index is 0.00000392. The zero-order chi connectivity index (χ0) is 20.1. The number of carbonyl (C=O) groups excluding carboxylic acids is 1. The first-order valence-corrected chi connectivity index (χ1v) is 8.79. The van der Waals surface area contributed by atoms with Gasteiger partial charge in [-0.1, -0.05) is 35.9 Å². The van der Waals surface area contributed by atoms with E-state index in [9.17, 15) is 24.5 Å². The van der Waals surface area contributed by atoms with Crippen LogP contribution in [0.4, 0.5) is 4.39 Å². The smallest absolute Gasteiger partial charge is 0.550 e. The Morgan fingerprint density at radius 1 is 1.14 bits per heavy atom. The third-order valence-electron chi connectivity index (χ3n) is 4.40. The maximum atomic E-state index is 13.6. The third kappa shape index (κ3) is 6.83. The Hall–Kier alpha value is -1.50. The Morgan fingerprint density at radius 3 is 2.43 bits per heavy atom. The van der Waals surface area contributed by atoms with Crippen LogP contribution < -0.4 is 34.7 Å². The number of halogens is 1. The van der Waals surface area contributed by atoms with Crippen LogP contribution >= 0.6 is 0 Å². The molecule has 2 N–H and O–H groups in total. The molecule has 28 heavy (non-hydrogen) atoms. The first kappa shape index (κ1) is 24.5. The summed E-state index contributed by atoms with van der Waals surface area (Å²) in [6, 6.07) is 8.93. The second-order valence-corrected chi connectivity index (χ2v) is 6.90. The van der Waals surface area contributed by atoms with E-state index >= 15 is 0 Å². The van der Waals surface area contributed by atoms with Gasteiger partial charge in [0.2, 0.25) is 0 Å². The van der Waals surface area contributed by atoms with Gasteiger partial charge in [-0.15, -0.1) is 0 Å². The number of carboxylic acids is 1. The number of carbonyl (C=O) groups is 1. The number of carboxylic acid groups (broad SMARTS) is 1. The Kier molecular flexibility index (Phi) is 9.54. The van der Waals surface area contributed by atoms with E-state index in [1.54, 1.807) is 25.1 Å². The van der Waals surface area contributed by atoms with Gasteiger partial charge in [0.1, 0.15) is 5.82 Å². The normalized spacial score (nSPS) is 13.2. The van der Waals surface area contributed by atoms with E-state index in [-0.39, 0.29) is 41.8 Å². The summed E-state index contributed by atoms with van der Waals surface area (Å²) >= 11 is 0. The molecular formula is C22H24FNaO4. The Labute approximate surface area is 187 Å². The molecule has 0 radical (unpaired) electrons. The van der Waals surface area contributed by atoms with E-state index in [4.69, 9.17) is 0 Å². The predicted molar refractivity (Wildman–Crippen MR) is 101 cm³/mol. The Bertz CT molecular complexity index is 864. The van der Waals surface area contributed by atoms with Crippen LogP contribution in [0.3, 0.4) is 0 Å². The summed E-state index contributed by atoms with van der Waals surface area (Å²) in [5.74, 6) is -1.63. The van der Waals surface area contributed by atoms with E-state index in [0.717, 1.165) is 27.8 Å². The SMILES string of the molecule is Cc1cc(C)c(/C=C/[C@@H](O)C[C@@H](O)CC(=O)[O-])c(-c2ccc(F)c(C)c2)c1.[Na+]. The topological polar surface area (TPSA) is 80.6 Å². The third-order valence-corrected chi connectivity index (χ3v) is 4.40. The summed E-state index contributed by atoms with van der Waals surface area (Å²) in [4.78, 5) is 10.5. The van der Waals surface area contributed by atoms with E-state index in [1.807, 2.05) is 26.0 Å². The van der Waals surface area contributed by atoms with E-state index in [0.29, 0.717) is 5.56 Å². The maximum Gasteiger partial charge on any atom is 1.00 e. The average Bonchev–Trinajstić information content (AvgIpc) is 2.55. The predicted octanol–water partition coefficient (Wildman–Crippen LogP) is -0.313. The molecule has 0 bridgehead atoms. The molecule has 2 rings (SSSR count). The van der Waals surface area contributed by atoms with Gasteiger partial charge in [0.25, 0.3) is 0 Å². The standard InChI is InChI=1S/C22H25FO4.Na/c1-13-8-14(2)19(6-5-17(24)11-18(25)12-22(26)27)20(9-13)16-4-7-21(23)15(3)10-16;/h4-10,17-18,24-25H,11-12H2,1-3H3,(H,26,27);/q;+1/p-1/b6-5+;/t17-,18-;/m1./s1. The van der Waals surface area contributed by atoms with Crippen molar-refractivity contribution in [3.8, 4) is 11.1 Å². The molecule has 0 spiro atoms. The molecule has 2 aromatic carbocycles. The number of aryl methyl sites for hydroxylation is 3. The van der Waals surface area contributed by atoms with Crippen LogP contribution in [-0.4, -0.2) is 28.4 Å². The zero-order valence-electron chi connectivity index (χ0n) is 16.7. The van der Waals surface area contributed by atoms with Crippen molar-refractivity contribution in [1.29, 1.82) is 0 Å². The van der Waals surface area contributed by atoms with Crippen molar-refractivity contribution < 1.29 is 54.1 Å². The molecule has 2 atom stereocenters. The van der Waals surface area contributed by atoms with Gasteiger partial charge in [0.15, 0.2) is 0 Å². The molecular weight excluding hydrogens is 370 g/mol. The van der Waals surface area contributed by atoms with Crippen LogP contribution in [0.5, 0.6) is 0 Å². The van der Waals surface area contributed by atoms with E-state index in [1.165, 1.54) is 12.1 Å². The molecule has 0 amide bonds. The van der Waals surface area contributed by atoms with Gasteiger partial charge in [-0.25, -0.2) is 4.39 Å². The second kappa shape index (κ2) is 10.9. The molecule has 4 nitrogen and oxygen atoms in total. The van der Waals surface area contributed by atoms with Crippen LogP contribution in [0.2, 0.25) is 0 Å². The molecule has 2 aromatic rings. The maximum absolute atomic E-state index is 13.6. The minimum atomic E-state index is -1.36. The molecule has 0 heterocycles. The number of rotatable bonds is 7. The molecule has 6 heteroatoms. The largest absolute Gasteiger partial charge is 1.00 e. The summed E-state index contributed by atoms with van der Waals surface area (Å²) in [5, 5.41) is 30.2. The van der Waals surface area contributed by atoms with Crippen molar-refractivity contribution in [2.24, 2.45) is 0 Å². The summed E-state index contributed by atoms with van der Waals surface area (Å²) in [6.07, 6.45) is 0.486. The van der Waals surface area contributed by atoms with Crippen molar-refractivity contribution in [2.45, 2.75) is 45.8 Å². The van der Waals surface area contributed by atoms with E-state index in [2.05, 4.69) is 0 Å².